The van der Waals surface area contributed by atoms with Gasteiger partial charge in [0.15, 0.2) is 5.96 Å². The Balaban J connectivity index is 1.29. The summed E-state index contributed by atoms with van der Waals surface area (Å²) in [6.45, 7) is 4.95. The molecule has 0 aromatic heterocycles. The lowest BCUT2D eigenvalue weighted by atomic mass is 10.1. The van der Waals surface area contributed by atoms with E-state index in [4.69, 9.17) is 4.74 Å². The van der Waals surface area contributed by atoms with Crippen molar-refractivity contribution in [3.05, 3.63) is 35.9 Å². The van der Waals surface area contributed by atoms with Crippen molar-refractivity contribution >= 4 is 5.96 Å². The molecule has 1 aromatic carbocycles. The van der Waals surface area contributed by atoms with E-state index in [1.54, 1.807) is 7.05 Å². The Hall–Kier alpha value is -1.84. The van der Waals surface area contributed by atoms with Crippen LogP contribution in [0.3, 0.4) is 0 Å². The molecule has 3 atom stereocenters. The van der Waals surface area contributed by atoms with Crippen molar-refractivity contribution < 1.29 is 17.9 Å². The van der Waals surface area contributed by atoms with Crippen molar-refractivity contribution in [1.82, 2.24) is 20.0 Å². The van der Waals surface area contributed by atoms with E-state index in [9.17, 15) is 13.2 Å². The first-order valence-corrected chi connectivity index (χ1v) is 11.1. The number of hydrogen-bond donors (Lipinski definition) is 1. The van der Waals surface area contributed by atoms with Gasteiger partial charge in [-0.05, 0) is 24.4 Å². The summed E-state index contributed by atoms with van der Waals surface area (Å²) in [7, 11) is 1.76. The van der Waals surface area contributed by atoms with Crippen molar-refractivity contribution in [3.63, 3.8) is 0 Å². The van der Waals surface area contributed by atoms with E-state index in [-0.39, 0.29) is 12.0 Å². The lowest BCUT2D eigenvalue weighted by Gasteiger charge is -2.36. The number of hydrogen-bond acceptors (Lipinski definition) is 4. The van der Waals surface area contributed by atoms with Gasteiger partial charge in [-0.25, -0.2) is 0 Å². The molecule has 1 aromatic rings. The normalized spacial score (nSPS) is 28.2. The number of aliphatic imine (C=N–C) groups is 1. The zero-order valence-electron chi connectivity index (χ0n) is 18.0. The maximum Gasteiger partial charge on any atom is 0.401 e. The van der Waals surface area contributed by atoms with Gasteiger partial charge in [0.1, 0.15) is 0 Å². The second kappa shape index (κ2) is 9.75. The van der Waals surface area contributed by atoms with E-state index in [1.165, 1.54) is 10.5 Å². The number of halogens is 3. The highest BCUT2D eigenvalue weighted by atomic mass is 19.4. The molecular formula is C22H32F3N5O. The first kappa shape index (κ1) is 22.4. The van der Waals surface area contributed by atoms with Gasteiger partial charge in [0.2, 0.25) is 0 Å². The minimum absolute atomic E-state index is 0.143. The molecule has 1 N–H and O–H groups in total. The summed E-state index contributed by atoms with van der Waals surface area (Å²) in [6, 6.07) is 10.8. The number of rotatable bonds is 5. The Labute approximate surface area is 182 Å². The number of fused-ring (bicyclic) bond motifs is 1. The number of likely N-dealkylation sites (tertiary alicyclic amines) is 2. The Kier molecular flexibility index (Phi) is 7.03. The third-order valence-corrected chi connectivity index (χ3v) is 6.48. The summed E-state index contributed by atoms with van der Waals surface area (Å²) in [5.74, 6) is 1.02. The van der Waals surface area contributed by atoms with Gasteiger partial charge in [-0.2, -0.15) is 13.2 Å². The molecule has 3 aliphatic heterocycles. The summed E-state index contributed by atoms with van der Waals surface area (Å²) in [5, 5.41) is 3.40. The standard InChI is InChI=1S/C22H32F3N5O/c1-26-21(27-11-18-7-8-28(12-18)16-22(23,24)25)30-14-19-20(15-30)31-10-9-29(19)13-17-5-3-2-4-6-17/h2-6,18-20H,7-16H2,1H3,(H,26,27). The van der Waals surface area contributed by atoms with E-state index in [0.29, 0.717) is 25.7 Å². The van der Waals surface area contributed by atoms with Gasteiger partial charge < -0.3 is 15.0 Å². The van der Waals surface area contributed by atoms with E-state index < -0.39 is 12.7 Å². The number of nitrogens with zero attached hydrogens (tertiary/aromatic N) is 4. The van der Waals surface area contributed by atoms with E-state index in [0.717, 1.165) is 45.2 Å². The van der Waals surface area contributed by atoms with Crippen LogP contribution in [0.5, 0.6) is 0 Å². The Bertz CT molecular complexity index is 744. The number of ether oxygens (including phenoxy) is 1. The summed E-state index contributed by atoms with van der Waals surface area (Å²) < 4.78 is 43.9. The van der Waals surface area contributed by atoms with Gasteiger partial charge in [0.05, 0.1) is 25.3 Å². The molecule has 0 spiro atoms. The summed E-state index contributed by atoms with van der Waals surface area (Å²) in [4.78, 5) is 10.6. The molecule has 3 heterocycles. The number of morpholine rings is 1. The number of guanidine groups is 1. The van der Waals surface area contributed by atoms with Crippen LogP contribution in [-0.4, -0.2) is 98.4 Å². The zero-order chi connectivity index (χ0) is 21.8. The molecule has 4 rings (SSSR count). The first-order valence-electron chi connectivity index (χ1n) is 11.1. The van der Waals surface area contributed by atoms with Crippen LogP contribution in [0.4, 0.5) is 13.2 Å². The van der Waals surface area contributed by atoms with Crippen LogP contribution in [0.1, 0.15) is 12.0 Å². The van der Waals surface area contributed by atoms with Gasteiger partial charge in [-0.1, -0.05) is 30.3 Å². The van der Waals surface area contributed by atoms with Crippen molar-refractivity contribution in [2.75, 3.05) is 59.5 Å². The van der Waals surface area contributed by atoms with E-state index >= 15 is 0 Å². The van der Waals surface area contributed by atoms with Crippen LogP contribution in [0.2, 0.25) is 0 Å². The molecule has 3 fully saturated rings. The largest absolute Gasteiger partial charge is 0.401 e. The van der Waals surface area contributed by atoms with Crippen molar-refractivity contribution in [2.24, 2.45) is 10.9 Å². The quantitative estimate of drug-likeness (QED) is 0.562. The fourth-order valence-electron chi connectivity index (χ4n) is 4.99. The molecular weight excluding hydrogens is 407 g/mol. The lowest BCUT2D eigenvalue weighted by Crippen LogP contribution is -2.50. The fourth-order valence-corrected chi connectivity index (χ4v) is 4.99. The zero-order valence-corrected chi connectivity index (χ0v) is 18.0. The topological polar surface area (TPSA) is 43.3 Å². The lowest BCUT2D eigenvalue weighted by molar-refractivity contribution is -0.143. The average Bonchev–Trinajstić information content (AvgIpc) is 3.35. The second-order valence-electron chi connectivity index (χ2n) is 8.77. The summed E-state index contributed by atoms with van der Waals surface area (Å²) in [6.07, 6.45) is -3.21. The SMILES string of the molecule is CN=C(NCC1CCN(CC(F)(F)F)C1)N1CC2OCCN(Cc3ccccc3)C2C1. The Morgan fingerprint density at radius 3 is 2.71 bits per heavy atom. The minimum Gasteiger partial charge on any atom is -0.373 e. The summed E-state index contributed by atoms with van der Waals surface area (Å²) >= 11 is 0. The predicted octanol–water partition coefficient (Wildman–Crippen LogP) is 2.03. The number of benzene rings is 1. The molecule has 0 radical (unpaired) electrons. The van der Waals surface area contributed by atoms with Gasteiger partial charge in [0, 0.05) is 46.3 Å². The van der Waals surface area contributed by atoms with E-state index in [2.05, 4.69) is 44.4 Å². The molecule has 0 amide bonds. The highest BCUT2D eigenvalue weighted by molar-refractivity contribution is 5.80. The smallest absolute Gasteiger partial charge is 0.373 e. The molecule has 31 heavy (non-hydrogen) atoms. The van der Waals surface area contributed by atoms with Crippen LogP contribution >= 0.6 is 0 Å². The van der Waals surface area contributed by atoms with Crippen molar-refractivity contribution in [2.45, 2.75) is 31.3 Å². The van der Waals surface area contributed by atoms with Crippen molar-refractivity contribution in [3.8, 4) is 0 Å². The predicted molar refractivity (Wildman–Crippen MR) is 114 cm³/mol. The van der Waals surface area contributed by atoms with E-state index in [1.807, 2.05) is 6.07 Å². The molecule has 0 saturated carbocycles. The van der Waals surface area contributed by atoms with Crippen molar-refractivity contribution in [1.29, 1.82) is 0 Å². The third-order valence-electron chi connectivity index (χ3n) is 6.48. The molecule has 6 nitrogen and oxygen atoms in total. The van der Waals surface area contributed by atoms with Crippen LogP contribution in [0.15, 0.2) is 35.3 Å². The maximum atomic E-state index is 12.6. The fraction of sp³-hybridized carbons (Fsp3) is 0.682. The molecule has 3 unspecified atom stereocenters. The second-order valence-corrected chi connectivity index (χ2v) is 8.77. The van der Waals surface area contributed by atoms with Crippen LogP contribution in [0.25, 0.3) is 0 Å². The van der Waals surface area contributed by atoms with Crippen LogP contribution in [0, 0.1) is 5.92 Å². The molecule has 9 heteroatoms. The molecule has 3 saturated heterocycles. The minimum atomic E-state index is -4.13. The molecule has 0 aliphatic carbocycles. The molecule has 3 aliphatic rings. The highest BCUT2D eigenvalue weighted by Gasteiger charge is 2.41. The molecule has 172 valence electrons. The Morgan fingerprint density at radius 1 is 1.16 bits per heavy atom. The van der Waals surface area contributed by atoms with Gasteiger partial charge in [-0.3, -0.25) is 14.8 Å². The number of nitrogens with one attached hydrogen (secondary N) is 1. The first-order chi connectivity index (χ1) is 14.9. The van der Waals surface area contributed by atoms with Gasteiger partial charge in [0.25, 0.3) is 0 Å². The maximum absolute atomic E-state index is 12.6. The van der Waals surface area contributed by atoms with Gasteiger partial charge >= 0.3 is 6.18 Å². The van der Waals surface area contributed by atoms with Crippen LogP contribution < -0.4 is 5.32 Å². The van der Waals surface area contributed by atoms with Gasteiger partial charge in [-0.15, -0.1) is 0 Å². The number of alkyl halides is 3. The average molecular weight is 440 g/mol. The molecule has 0 bridgehead atoms. The Morgan fingerprint density at radius 2 is 1.97 bits per heavy atom. The van der Waals surface area contributed by atoms with Crippen LogP contribution in [-0.2, 0) is 11.3 Å². The third kappa shape index (κ3) is 5.90. The highest BCUT2D eigenvalue weighted by Crippen LogP contribution is 2.25. The monoisotopic (exact) mass is 439 g/mol. The summed E-state index contributed by atoms with van der Waals surface area (Å²) in [5.41, 5.74) is 1.30.